The van der Waals surface area contributed by atoms with Crippen LogP contribution in [0.2, 0.25) is 0 Å². The smallest absolute Gasteiger partial charge is 0.0543 e. The monoisotopic (exact) mass is 352 g/mol. The van der Waals surface area contributed by atoms with Crippen LogP contribution >= 0.6 is 0 Å². The molecule has 0 aromatic carbocycles. The van der Waals surface area contributed by atoms with Crippen LogP contribution in [0.25, 0.3) is 0 Å². The second-order valence-corrected chi connectivity index (χ2v) is 7.88. The number of hydrogen-bond acceptors (Lipinski definition) is 1. The van der Waals surface area contributed by atoms with E-state index in [1.54, 1.807) is 0 Å². The maximum absolute atomic E-state index is 10.0. The summed E-state index contributed by atoms with van der Waals surface area (Å²) in [6.45, 7) is 4.53. The van der Waals surface area contributed by atoms with Gasteiger partial charge in [-0.25, -0.2) is 0 Å². The zero-order valence-corrected chi connectivity index (χ0v) is 17.6. The zero-order valence-electron chi connectivity index (χ0n) is 17.6. The van der Waals surface area contributed by atoms with Gasteiger partial charge in [0, 0.05) is 0 Å². The summed E-state index contributed by atoms with van der Waals surface area (Å²) in [6, 6.07) is 0. The fourth-order valence-electron chi connectivity index (χ4n) is 3.40. The van der Waals surface area contributed by atoms with Gasteiger partial charge in [0.1, 0.15) is 0 Å². The highest BCUT2D eigenvalue weighted by Gasteiger charge is 2.02. The molecule has 0 aromatic rings. The van der Waals surface area contributed by atoms with Crippen molar-refractivity contribution in [1.29, 1.82) is 0 Å². The van der Waals surface area contributed by atoms with Crippen LogP contribution in [-0.2, 0) is 0 Å². The number of hydrogen-bond donors (Lipinski definition) is 1. The first-order chi connectivity index (χ1) is 12.3. The average molecular weight is 353 g/mol. The Morgan fingerprint density at radius 3 is 1.52 bits per heavy atom. The Balaban J connectivity index is 3.18. The van der Waals surface area contributed by atoms with Crippen molar-refractivity contribution >= 4 is 0 Å². The van der Waals surface area contributed by atoms with Gasteiger partial charge in [-0.1, -0.05) is 116 Å². The highest BCUT2D eigenvalue weighted by Crippen LogP contribution is 2.14. The molecule has 0 aliphatic rings. The van der Waals surface area contributed by atoms with Crippen LogP contribution in [0.1, 0.15) is 136 Å². The summed E-state index contributed by atoms with van der Waals surface area (Å²) in [5.41, 5.74) is 0. The largest absolute Gasteiger partial charge is 0.393 e. The van der Waals surface area contributed by atoms with Crippen molar-refractivity contribution in [2.75, 3.05) is 0 Å². The first-order valence-corrected chi connectivity index (χ1v) is 11.6. The molecule has 150 valence electrons. The number of rotatable bonds is 20. The summed E-state index contributed by atoms with van der Waals surface area (Å²) < 4.78 is 0. The lowest BCUT2D eigenvalue weighted by molar-refractivity contribution is 0.152. The van der Waals surface area contributed by atoms with Crippen LogP contribution in [0.4, 0.5) is 0 Å². The molecule has 0 spiro atoms. The van der Waals surface area contributed by atoms with E-state index in [1.165, 1.54) is 103 Å². The van der Waals surface area contributed by atoms with Crippen LogP contribution in [0.5, 0.6) is 0 Å². The van der Waals surface area contributed by atoms with Crippen molar-refractivity contribution in [1.82, 2.24) is 0 Å². The molecule has 1 N–H and O–H groups in total. The molecule has 0 radical (unpaired) electrons. The maximum atomic E-state index is 10.0. The van der Waals surface area contributed by atoms with E-state index in [-0.39, 0.29) is 6.10 Å². The maximum Gasteiger partial charge on any atom is 0.0543 e. The first kappa shape index (κ1) is 24.7. The Morgan fingerprint density at radius 2 is 0.960 bits per heavy atom. The molecular weight excluding hydrogens is 304 g/mol. The van der Waals surface area contributed by atoms with E-state index in [2.05, 4.69) is 26.0 Å². The topological polar surface area (TPSA) is 20.2 Å². The molecule has 0 fully saturated rings. The Hall–Kier alpha value is -0.300. The molecule has 1 nitrogen and oxygen atoms in total. The number of allylic oxidation sites excluding steroid dienone is 2. The molecule has 0 aliphatic heterocycles. The third-order valence-corrected chi connectivity index (χ3v) is 5.20. The highest BCUT2D eigenvalue weighted by molar-refractivity contribution is 4.82. The lowest BCUT2D eigenvalue weighted by atomic mass is 10.0. The normalized spacial score (nSPS) is 12.9. The summed E-state index contributed by atoms with van der Waals surface area (Å²) in [5.74, 6) is 0. The van der Waals surface area contributed by atoms with Gasteiger partial charge in [-0.2, -0.15) is 0 Å². The molecule has 0 heterocycles. The van der Waals surface area contributed by atoms with Crippen molar-refractivity contribution in [3.05, 3.63) is 12.2 Å². The molecule has 1 heteroatoms. The minimum absolute atomic E-state index is 0.0802. The van der Waals surface area contributed by atoms with Crippen molar-refractivity contribution < 1.29 is 5.11 Å². The van der Waals surface area contributed by atoms with E-state index in [0.29, 0.717) is 0 Å². The molecular formula is C24H48O. The highest BCUT2D eigenvalue weighted by atomic mass is 16.3. The van der Waals surface area contributed by atoms with E-state index in [0.717, 1.165) is 19.3 Å². The quantitative estimate of drug-likeness (QED) is 0.172. The predicted molar refractivity (Wildman–Crippen MR) is 114 cm³/mol. The summed E-state index contributed by atoms with van der Waals surface area (Å²) in [7, 11) is 0. The minimum Gasteiger partial charge on any atom is -0.393 e. The Morgan fingerprint density at radius 1 is 0.520 bits per heavy atom. The molecule has 0 saturated heterocycles. The second-order valence-electron chi connectivity index (χ2n) is 7.88. The molecule has 1 unspecified atom stereocenters. The van der Waals surface area contributed by atoms with Crippen LogP contribution in [0, 0.1) is 0 Å². The Bertz CT molecular complexity index is 259. The summed E-state index contributed by atoms with van der Waals surface area (Å²) in [4.78, 5) is 0. The van der Waals surface area contributed by atoms with Crippen molar-refractivity contribution in [3.8, 4) is 0 Å². The van der Waals surface area contributed by atoms with Crippen LogP contribution in [0.15, 0.2) is 12.2 Å². The van der Waals surface area contributed by atoms with Gasteiger partial charge in [0.25, 0.3) is 0 Å². The van der Waals surface area contributed by atoms with Crippen molar-refractivity contribution in [2.24, 2.45) is 0 Å². The van der Waals surface area contributed by atoms with Crippen molar-refractivity contribution in [3.63, 3.8) is 0 Å². The lowest BCUT2D eigenvalue weighted by Crippen LogP contribution is -2.05. The third-order valence-electron chi connectivity index (χ3n) is 5.20. The van der Waals surface area contributed by atoms with Crippen LogP contribution in [-0.4, -0.2) is 11.2 Å². The van der Waals surface area contributed by atoms with Gasteiger partial charge in [-0.3, -0.25) is 0 Å². The summed E-state index contributed by atoms with van der Waals surface area (Å²) in [6.07, 6.45) is 29.3. The Labute approximate surface area is 159 Å². The molecule has 1 atom stereocenters. The fraction of sp³-hybridized carbons (Fsp3) is 0.917. The minimum atomic E-state index is -0.0802. The van der Waals surface area contributed by atoms with Gasteiger partial charge in [-0.05, 0) is 32.1 Å². The predicted octanol–water partition coefficient (Wildman–Crippen LogP) is 8.36. The summed E-state index contributed by atoms with van der Waals surface area (Å²) >= 11 is 0. The average Bonchev–Trinajstić information content (AvgIpc) is 2.62. The lowest BCUT2D eigenvalue weighted by Gasteiger charge is -2.08. The molecule has 0 saturated carbocycles. The van der Waals surface area contributed by atoms with Crippen LogP contribution in [0.3, 0.4) is 0 Å². The van der Waals surface area contributed by atoms with E-state index in [4.69, 9.17) is 0 Å². The van der Waals surface area contributed by atoms with Crippen LogP contribution < -0.4 is 0 Å². The van der Waals surface area contributed by atoms with Gasteiger partial charge in [0.15, 0.2) is 0 Å². The van der Waals surface area contributed by atoms with Gasteiger partial charge < -0.3 is 5.11 Å². The molecule has 25 heavy (non-hydrogen) atoms. The van der Waals surface area contributed by atoms with Crippen molar-refractivity contribution in [2.45, 2.75) is 142 Å². The molecule has 0 rings (SSSR count). The molecule has 0 bridgehead atoms. The zero-order chi connectivity index (χ0) is 18.4. The number of aliphatic hydroxyl groups is 1. The fourth-order valence-corrected chi connectivity index (χ4v) is 3.40. The third kappa shape index (κ3) is 21.7. The molecule has 0 aromatic heterocycles. The van der Waals surface area contributed by atoms with Gasteiger partial charge in [0.2, 0.25) is 0 Å². The first-order valence-electron chi connectivity index (χ1n) is 11.6. The van der Waals surface area contributed by atoms with E-state index in [1.807, 2.05) is 0 Å². The van der Waals surface area contributed by atoms with E-state index < -0.39 is 0 Å². The SMILES string of the molecule is CCCCC/C=C/CCC(O)CCCCCCCCCCCCCC. The summed E-state index contributed by atoms with van der Waals surface area (Å²) in [5, 5.41) is 10.0. The number of unbranched alkanes of at least 4 members (excludes halogenated alkanes) is 14. The second kappa shape index (κ2) is 21.7. The number of aliphatic hydroxyl groups excluding tert-OH is 1. The van der Waals surface area contributed by atoms with Gasteiger partial charge in [-0.15, -0.1) is 0 Å². The van der Waals surface area contributed by atoms with E-state index in [9.17, 15) is 5.11 Å². The molecule has 0 amide bonds. The standard InChI is InChI=1S/C24H48O/c1-3-5-7-9-11-12-13-14-15-17-19-21-23-24(25)22-20-18-16-10-8-6-4-2/h16,18,24-25H,3-15,17,19-23H2,1-2H3/b18-16+. The van der Waals surface area contributed by atoms with Gasteiger partial charge in [0.05, 0.1) is 6.10 Å². The van der Waals surface area contributed by atoms with E-state index >= 15 is 0 Å². The molecule has 0 aliphatic carbocycles. The Kier molecular flexibility index (Phi) is 21.5. The van der Waals surface area contributed by atoms with Gasteiger partial charge >= 0.3 is 0 Å².